The highest BCUT2D eigenvalue weighted by molar-refractivity contribution is 6.29. The van der Waals surface area contributed by atoms with Crippen LogP contribution in [0.5, 0.6) is 0 Å². The fraction of sp³-hybridized carbons (Fsp3) is 0.294. The van der Waals surface area contributed by atoms with Crippen LogP contribution >= 0.6 is 11.6 Å². The van der Waals surface area contributed by atoms with Gasteiger partial charge < -0.3 is 10.6 Å². The molecule has 0 aliphatic heterocycles. The average molecular weight is 317 g/mol. The second-order valence-electron chi connectivity index (χ2n) is 4.90. The van der Waals surface area contributed by atoms with Gasteiger partial charge in [0.25, 0.3) is 0 Å². The number of hydrogen-bond acceptors (Lipinski definition) is 2. The number of hydrogen-bond donors (Lipinski definition) is 2. The second-order valence-corrected chi connectivity index (χ2v) is 5.29. The van der Waals surface area contributed by atoms with Crippen LogP contribution in [-0.4, -0.2) is 31.1 Å². The van der Waals surface area contributed by atoms with Gasteiger partial charge in [0.15, 0.2) is 5.96 Å². The summed E-state index contributed by atoms with van der Waals surface area (Å²) < 4.78 is 0. The average Bonchev–Trinajstić information content (AvgIpc) is 2.56. The van der Waals surface area contributed by atoms with Crippen molar-refractivity contribution in [3.05, 3.63) is 64.9 Å². The molecule has 0 atom stereocenters. The molecule has 4 nitrogen and oxygen atoms in total. The van der Waals surface area contributed by atoms with Crippen LogP contribution in [0.15, 0.2) is 53.7 Å². The molecule has 22 heavy (non-hydrogen) atoms. The van der Waals surface area contributed by atoms with Crippen molar-refractivity contribution < 1.29 is 0 Å². The molecule has 0 aliphatic rings. The molecule has 1 aromatic carbocycles. The van der Waals surface area contributed by atoms with E-state index in [0.29, 0.717) is 5.15 Å². The van der Waals surface area contributed by atoms with E-state index in [1.165, 1.54) is 5.56 Å². The Labute approximate surface area is 136 Å². The molecule has 0 radical (unpaired) electrons. The molecule has 0 saturated heterocycles. The van der Waals surface area contributed by atoms with Crippen molar-refractivity contribution in [3.8, 4) is 0 Å². The smallest absolute Gasteiger partial charge is 0.190 e. The normalized spacial score (nSPS) is 11.3. The Bertz CT molecular complexity index is 581. The van der Waals surface area contributed by atoms with Crippen molar-refractivity contribution in [2.75, 3.05) is 20.1 Å². The Hall–Kier alpha value is -2.07. The summed E-state index contributed by atoms with van der Waals surface area (Å²) in [5.41, 5.74) is 2.47. The molecular weight excluding hydrogens is 296 g/mol. The third-order valence-corrected chi connectivity index (χ3v) is 3.49. The summed E-state index contributed by atoms with van der Waals surface area (Å²) in [4.78, 5) is 8.29. The zero-order valence-electron chi connectivity index (χ0n) is 12.7. The SMILES string of the molecule is CN=C(NCCc1ccccc1)NCCc1ccc(Cl)nc1. The Kier molecular flexibility index (Phi) is 6.71. The molecule has 116 valence electrons. The summed E-state index contributed by atoms with van der Waals surface area (Å²) >= 11 is 5.77. The minimum absolute atomic E-state index is 0.523. The van der Waals surface area contributed by atoms with Gasteiger partial charge in [0, 0.05) is 26.3 Å². The lowest BCUT2D eigenvalue weighted by molar-refractivity contribution is 0.783. The highest BCUT2D eigenvalue weighted by Crippen LogP contribution is 2.05. The molecule has 5 heteroatoms. The van der Waals surface area contributed by atoms with Gasteiger partial charge in [-0.3, -0.25) is 4.99 Å². The third kappa shape index (κ3) is 5.74. The molecule has 2 N–H and O–H groups in total. The van der Waals surface area contributed by atoms with E-state index >= 15 is 0 Å². The topological polar surface area (TPSA) is 49.3 Å². The number of guanidine groups is 1. The number of aliphatic imine (C=N–C) groups is 1. The van der Waals surface area contributed by atoms with E-state index in [2.05, 4.69) is 44.9 Å². The van der Waals surface area contributed by atoms with Gasteiger partial charge in [-0.2, -0.15) is 0 Å². The Morgan fingerprint density at radius 3 is 2.27 bits per heavy atom. The first kappa shape index (κ1) is 16.3. The standard InChI is InChI=1S/C17H21ClN4/c1-19-17(20-11-9-14-5-3-2-4-6-14)21-12-10-15-7-8-16(18)22-13-15/h2-8,13H,9-12H2,1H3,(H2,19,20,21). The largest absolute Gasteiger partial charge is 0.356 e. The van der Waals surface area contributed by atoms with Crippen LogP contribution in [0.3, 0.4) is 0 Å². The van der Waals surface area contributed by atoms with Crippen molar-refractivity contribution >= 4 is 17.6 Å². The van der Waals surface area contributed by atoms with E-state index in [0.717, 1.165) is 37.5 Å². The van der Waals surface area contributed by atoms with E-state index in [1.807, 2.05) is 18.2 Å². The number of rotatable bonds is 6. The lowest BCUT2D eigenvalue weighted by Gasteiger charge is -2.11. The van der Waals surface area contributed by atoms with Gasteiger partial charge in [-0.15, -0.1) is 0 Å². The molecule has 1 aromatic heterocycles. The highest BCUT2D eigenvalue weighted by Gasteiger charge is 1.99. The molecule has 2 aromatic rings. The molecular formula is C17H21ClN4. The lowest BCUT2D eigenvalue weighted by atomic mass is 10.1. The zero-order chi connectivity index (χ0) is 15.6. The Balaban J connectivity index is 1.68. The van der Waals surface area contributed by atoms with Gasteiger partial charge in [-0.05, 0) is 30.0 Å². The zero-order valence-corrected chi connectivity index (χ0v) is 13.5. The number of aromatic nitrogens is 1. The molecule has 0 bridgehead atoms. The minimum atomic E-state index is 0.523. The van der Waals surface area contributed by atoms with Crippen molar-refractivity contribution in [1.29, 1.82) is 0 Å². The fourth-order valence-corrected chi connectivity index (χ4v) is 2.18. The molecule has 0 amide bonds. The molecule has 1 heterocycles. The molecule has 0 unspecified atom stereocenters. The number of pyridine rings is 1. The molecule has 2 rings (SSSR count). The van der Waals surface area contributed by atoms with E-state index < -0.39 is 0 Å². The maximum absolute atomic E-state index is 5.77. The van der Waals surface area contributed by atoms with Crippen LogP contribution in [0, 0.1) is 0 Å². The summed E-state index contributed by atoms with van der Waals surface area (Å²) in [6.07, 6.45) is 3.65. The first-order valence-electron chi connectivity index (χ1n) is 7.37. The van der Waals surface area contributed by atoms with Gasteiger partial charge in [-0.25, -0.2) is 4.98 Å². The summed E-state index contributed by atoms with van der Waals surface area (Å²) in [7, 11) is 1.78. The van der Waals surface area contributed by atoms with E-state index in [1.54, 1.807) is 13.2 Å². The van der Waals surface area contributed by atoms with Crippen LogP contribution in [0.1, 0.15) is 11.1 Å². The fourth-order valence-electron chi connectivity index (χ4n) is 2.07. The maximum atomic E-state index is 5.77. The number of nitrogens with zero attached hydrogens (tertiary/aromatic N) is 2. The molecule has 0 spiro atoms. The van der Waals surface area contributed by atoms with E-state index in [9.17, 15) is 0 Å². The van der Waals surface area contributed by atoms with Crippen LogP contribution in [0.25, 0.3) is 0 Å². The van der Waals surface area contributed by atoms with Crippen molar-refractivity contribution in [2.24, 2.45) is 4.99 Å². The van der Waals surface area contributed by atoms with Crippen LogP contribution < -0.4 is 10.6 Å². The summed E-state index contributed by atoms with van der Waals surface area (Å²) in [5.74, 6) is 0.817. The van der Waals surface area contributed by atoms with Crippen molar-refractivity contribution in [3.63, 3.8) is 0 Å². The van der Waals surface area contributed by atoms with Gasteiger partial charge in [0.05, 0.1) is 0 Å². The van der Waals surface area contributed by atoms with Gasteiger partial charge in [-0.1, -0.05) is 48.0 Å². The predicted molar refractivity (Wildman–Crippen MR) is 92.5 cm³/mol. The lowest BCUT2D eigenvalue weighted by Crippen LogP contribution is -2.39. The van der Waals surface area contributed by atoms with E-state index in [4.69, 9.17) is 11.6 Å². The van der Waals surface area contributed by atoms with Crippen LogP contribution in [0.4, 0.5) is 0 Å². The highest BCUT2D eigenvalue weighted by atomic mass is 35.5. The third-order valence-electron chi connectivity index (χ3n) is 3.27. The monoisotopic (exact) mass is 316 g/mol. The minimum Gasteiger partial charge on any atom is -0.356 e. The summed E-state index contributed by atoms with van der Waals surface area (Å²) in [6.45, 7) is 1.65. The van der Waals surface area contributed by atoms with E-state index in [-0.39, 0.29) is 0 Å². The van der Waals surface area contributed by atoms with Crippen molar-refractivity contribution in [1.82, 2.24) is 15.6 Å². The second kappa shape index (κ2) is 9.05. The number of halogens is 1. The maximum Gasteiger partial charge on any atom is 0.190 e. The summed E-state index contributed by atoms with van der Waals surface area (Å²) in [6, 6.07) is 14.2. The Morgan fingerprint density at radius 2 is 1.68 bits per heavy atom. The Morgan fingerprint density at radius 1 is 1.00 bits per heavy atom. The van der Waals surface area contributed by atoms with Gasteiger partial charge in [0.1, 0.15) is 5.15 Å². The molecule has 0 saturated carbocycles. The quantitative estimate of drug-likeness (QED) is 0.489. The first-order valence-corrected chi connectivity index (χ1v) is 7.74. The molecule has 0 fully saturated rings. The van der Waals surface area contributed by atoms with Crippen molar-refractivity contribution in [2.45, 2.75) is 12.8 Å². The number of benzene rings is 1. The van der Waals surface area contributed by atoms with Crippen LogP contribution in [-0.2, 0) is 12.8 Å². The van der Waals surface area contributed by atoms with Gasteiger partial charge >= 0.3 is 0 Å². The predicted octanol–water partition coefficient (Wildman–Crippen LogP) is 2.69. The molecule has 0 aliphatic carbocycles. The van der Waals surface area contributed by atoms with Crippen LogP contribution in [0.2, 0.25) is 5.15 Å². The van der Waals surface area contributed by atoms with Gasteiger partial charge in [0.2, 0.25) is 0 Å². The first-order chi connectivity index (χ1) is 10.8. The number of nitrogens with one attached hydrogen (secondary N) is 2. The summed E-state index contributed by atoms with van der Waals surface area (Å²) in [5, 5.41) is 7.14.